The van der Waals surface area contributed by atoms with Crippen molar-refractivity contribution in [3.05, 3.63) is 42.2 Å². The molecule has 0 saturated carbocycles. The van der Waals surface area contributed by atoms with Crippen LogP contribution in [-0.4, -0.2) is 55.0 Å². The summed E-state index contributed by atoms with van der Waals surface area (Å²) in [4.78, 5) is 25.6. The van der Waals surface area contributed by atoms with Crippen molar-refractivity contribution in [3.63, 3.8) is 0 Å². The van der Waals surface area contributed by atoms with Gasteiger partial charge in [-0.25, -0.2) is 13.2 Å². The fourth-order valence-corrected chi connectivity index (χ4v) is 4.82. The molecule has 1 unspecified atom stereocenters. The molecule has 17 heteroatoms. The molecule has 1 aliphatic heterocycles. The third kappa shape index (κ3) is 6.82. The Labute approximate surface area is 217 Å². The van der Waals surface area contributed by atoms with Gasteiger partial charge in [-0.15, -0.1) is 0 Å². The number of anilines is 2. The number of pyridine rings is 1. The molecule has 10 nitrogen and oxygen atoms in total. The maximum atomic E-state index is 13.5. The first-order valence-corrected chi connectivity index (χ1v) is 12.4. The largest absolute Gasteiger partial charge is 0.486 e. The van der Waals surface area contributed by atoms with Crippen LogP contribution < -0.4 is 14.4 Å². The van der Waals surface area contributed by atoms with Crippen LogP contribution in [0.25, 0.3) is 0 Å². The minimum atomic E-state index is -4.91. The van der Waals surface area contributed by atoms with Gasteiger partial charge in [0.2, 0.25) is 5.60 Å². The summed E-state index contributed by atoms with van der Waals surface area (Å²) in [7, 11) is -4.77. The Hall–Kier alpha value is -3.76. The summed E-state index contributed by atoms with van der Waals surface area (Å²) in [5.41, 5.74) is -4.72. The number of aromatic nitrogens is 1. The molecule has 0 radical (unpaired) electrons. The molecule has 2 heterocycles. The monoisotopic (exact) mass is 585 g/mol. The Morgan fingerprint density at radius 3 is 2.41 bits per heavy atom. The number of hydrogen-bond donors (Lipinski definition) is 2. The molecule has 1 amide bonds. The topological polar surface area (TPSA) is 135 Å². The van der Waals surface area contributed by atoms with Gasteiger partial charge in [0.25, 0.3) is 10.0 Å². The van der Waals surface area contributed by atoms with Gasteiger partial charge in [0.15, 0.2) is 0 Å². The standard InChI is InChI=1S/C22H21F6N3O7S/c1-20(2,22(26,27)28)38-19(34)30-13-3-5-17-16(8-13)31(11-14(37-17)4-6-18(32)33)39(35,36)15-7-12(9-29-10-15)21(23,24)25/h3,5,7-10,14H,4,6,11H2,1-2H3,(H,30,34)(H,32,33). The zero-order valence-corrected chi connectivity index (χ0v) is 20.9. The van der Waals surface area contributed by atoms with E-state index in [2.05, 4.69) is 9.72 Å². The summed E-state index contributed by atoms with van der Waals surface area (Å²) in [6.07, 6.45) is -11.8. The highest BCUT2D eigenvalue weighted by molar-refractivity contribution is 7.92. The van der Waals surface area contributed by atoms with Crippen LogP contribution in [0, 0.1) is 0 Å². The number of carbonyl (C=O) groups is 2. The molecule has 1 aromatic carbocycles. The molecule has 2 N–H and O–H groups in total. The zero-order chi connectivity index (χ0) is 29.4. The van der Waals surface area contributed by atoms with Crippen molar-refractivity contribution < 1.29 is 58.9 Å². The number of benzene rings is 1. The second kappa shape index (κ2) is 10.4. The molecular formula is C22H21F6N3O7S. The number of sulfonamides is 1. The minimum Gasteiger partial charge on any atom is -0.486 e. The van der Waals surface area contributed by atoms with Crippen molar-refractivity contribution in [2.45, 2.75) is 55.6 Å². The fourth-order valence-electron chi connectivity index (χ4n) is 3.33. The lowest BCUT2D eigenvalue weighted by molar-refractivity contribution is -0.242. The van der Waals surface area contributed by atoms with Crippen molar-refractivity contribution >= 4 is 33.5 Å². The number of carboxylic acids is 1. The molecule has 1 atom stereocenters. The van der Waals surface area contributed by atoms with Crippen LogP contribution >= 0.6 is 0 Å². The maximum absolute atomic E-state index is 13.5. The Bertz CT molecular complexity index is 1360. The van der Waals surface area contributed by atoms with Gasteiger partial charge in [-0.1, -0.05) is 0 Å². The van der Waals surface area contributed by atoms with E-state index in [1.165, 1.54) is 0 Å². The van der Waals surface area contributed by atoms with Crippen molar-refractivity contribution in [3.8, 4) is 5.75 Å². The predicted octanol–water partition coefficient (Wildman–Crippen LogP) is 4.81. The average Bonchev–Trinajstić information content (AvgIpc) is 2.80. The van der Waals surface area contributed by atoms with Gasteiger partial charge < -0.3 is 14.6 Å². The number of hydrogen-bond acceptors (Lipinski definition) is 7. The highest BCUT2D eigenvalue weighted by Crippen LogP contribution is 2.41. The lowest BCUT2D eigenvalue weighted by atomic mass is 10.1. The van der Waals surface area contributed by atoms with Crippen LogP contribution in [0.15, 0.2) is 41.6 Å². The molecule has 1 aliphatic rings. The summed E-state index contributed by atoms with van der Waals surface area (Å²) in [6.45, 7) is 0.692. The molecule has 3 rings (SSSR count). The van der Waals surface area contributed by atoms with E-state index in [0.29, 0.717) is 36.6 Å². The number of fused-ring (bicyclic) bond motifs is 1. The number of nitrogens with zero attached hydrogens (tertiary/aromatic N) is 2. The second-order valence-electron chi connectivity index (χ2n) is 8.82. The van der Waals surface area contributed by atoms with E-state index >= 15 is 0 Å². The van der Waals surface area contributed by atoms with Crippen LogP contribution in [0.1, 0.15) is 32.3 Å². The highest BCUT2D eigenvalue weighted by atomic mass is 32.2. The molecule has 0 fully saturated rings. The Balaban J connectivity index is 2.00. The number of halogens is 6. The van der Waals surface area contributed by atoms with Gasteiger partial charge in [-0.05, 0) is 44.5 Å². The van der Waals surface area contributed by atoms with E-state index in [1.54, 1.807) is 0 Å². The first kappa shape index (κ1) is 29.8. The molecule has 39 heavy (non-hydrogen) atoms. The molecule has 2 aromatic rings. The summed E-state index contributed by atoms with van der Waals surface area (Å²) < 4.78 is 116. The van der Waals surface area contributed by atoms with Crippen LogP contribution in [0.3, 0.4) is 0 Å². The van der Waals surface area contributed by atoms with E-state index in [-0.39, 0.29) is 23.5 Å². The fraction of sp³-hybridized carbons (Fsp3) is 0.409. The molecule has 0 saturated heterocycles. The smallest absolute Gasteiger partial charge is 0.427 e. The number of carboxylic acid groups (broad SMARTS) is 1. The van der Waals surface area contributed by atoms with E-state index < -0.39 is 69.6 Å². The number of nitrogens with one attached hydrogen (secondary N) is 1. The van der Waals surface area contributed by atoms with Gasteiger partial charge in [0.1, 0.15) is 16.7 Å². The summed E-state index contributed by atoms with van der Waals surface area (Å²) in [5.74, 6) is -1.35. The lowest BCUT2D eigenvalue weighted by Gasteiger charge is -2.35. The molecule has 0 aliphatic carbocycles. The van der Waals surface area contributed by atoms with Crippen LogP contribution in [-0.2, 0) is 25.7 Å². The SMILES string of the molecule is CC(C)(OC(=O)Nc1ccc2c(c1)N(S(=O)(=O)c1cncc(C(F)(F)F)c1)CC(CCC(=O)O)O2)C(F)(F)F. The number of aliphatic carboxylic acids is 1. The van der Waals surface area contributed by atoms with Gasteiger partial charge in [0.05, 0.1) is 17.8 Å². The number of alkyl halides is 6. The first-order chi connectivity index (χ1) is 17.8. The van der Waals surface area contributed by atoms with Crippen molar-refractivity contribution in [2.75, 3.05) is 16.2 Å². The Morgan fingerprint density at radius 2 is 1.82 bits per heavy atom. The van der Waals surface area contributed by atoms with Gasteiger partial charge in [-0.2, -0.15) is 26.3 Å². The van der Waals surface area contributed by atoms with Crippen LogP contribution in [0.5, 0.6) is 5.75 Å². The molecule has 214 valence electrons. The van der Waals surface area contributed by atoms with Crippen molar-refractivity contribution in [1.82, 2.24) is 4.98 Å². The number of ether oxygens (including phenoxy) is 2. The minimum absolute atomic E-state index is 0.144. The summed E-state index contributed by atoms with van der Waals surface area (Å²) in [6, 6.07) is 3.67. The quantitative estimate of drug-likeness (QED) is 0.442. The maximum Gasteiger partial charge on any atom is 0.427 e. The normalized spacial score (nSPS) is 16.2. The number of amides is 1. The van der Waals surface area contributed by atoms with E-state index in [1.807, 2.05) is 5.32 Å². The third-order valence-corrected chi connectivity index (χ3v) is 7.22. The summed E-state index contributed by atoms with van der Waals surface area (Å²) >= 11 is 0. The van der Waals surface area contributed by atoms with Crippen molar-refractivity contribution in [2.24, 2.45) is 0 Å². The predicted molar refractivity (Wildman–Crippen MR) is 122 cm³/mol. The lowest BCUT2D eigenvalue weighted by Crippen LogP contribution is -2.44. The molecular weight excluding hydrogens is 564 g/mol. The highest BCUT2D eigenvalue weighted by Gasteiger charge is 2.51. The average molecular weight is 585 g/mol. The van der Waals surface area contributed by atoms with Crippen LogP contribution in [0.2, 0.25) is 0 Å². The van der Waals surface area contributed by atoms with Crippen molar-refractivity contribution in [1.29, 1.82) is 0 Å². The first-order valence-electron chi connectivity index (χ1n) is 11.0. The Morgan fingerprint density at radius 1 is 1.15 bits per heavy atom. The van der Waals surface area contributed by atoms with E-state index in [0.717, 1.165) is 18.2 Å². The van der Waals surface area contributed by atoms with E-state index in [4.69, 9.17) is 9.84 Å². The van der Waals surface area contributed by atoms with E-state index in [9.17, 15) is 44.3 Å². The molecule has 0 spiro atoms. The Kier molecular flexibility index (Phi) is 7.96. The molecule has 1 aromatic heterocycles. The summed E-state index contributed by atoms with van der Waals surface area (Å²) in [5, 5.41) is 11.0. The number of rotatable bonds is 7. The zero-order valence-electron chi connectivity index (χ0n) is 20.1. The van der Waals surface area contributed by atoms with Gasteiger partial charge in [0, 0.05) is 24.5 Å². The van der Waals surface area contributed by atoms with Gasteiger partial charge >= 0.3 is 24.4 Å². The van der Waals surface area contributed by atoms with Gasteiger partial charge in [-0.3, -0.25) is 19.4 Å². The third-order valence-electron chi connectivity index (χ3n) is 5.48. The second-order valence-corrected chi connectivity index (χ2v) is 10.7. The van der Waals surface area contributed by atoms with Crippen LogP contribution in [0.4, 0.5) is 42.5 Å². The molecule has 0 bridgehead atoms. The number of carbonyl (C=O) groups excluding carboxylic acids is 1.